The number of fused-ring (bicyclic) bond motifs is 1. The Morgan fingerprint density at radius 3 is 2.94 bits per heavy atom. The number of anilines is 1. The Labute approximate surface area is 110 Å². The quantitative estimate of drug-likeness (QED) is 0.860. The molecule has 0 bridgehead atoms. The summed E-state index contributed by atoms with van der Waals surface area (Å²) in [7, 11) is 0. The van der Waals surface area contributed by atoms with Gasteiger partial charge in [0.15, 0.2) is 0 Å². The average Bonchev–Trinajstić information content (AvgIpc) is 2.43. The molecule has 0 radical (unpaired) electrons. The molecule has 18 heavy (non-hydrogen) atoms. The lowest BCUT2D eigenvalue weighted by atomic mass is 9.95. The largest absolute Gasteiger partial charge is 0.367 e. The molecule has 0 amide bonds. The van der Waals surface area contributed by atoms with Crippen LogP contribution < -0.4 is 10.2 Å². The van der Waals surface area contributed by atoms with Crippen LogP contribution in [0.25, 0.3) is 0 Å². The third-order valence-electron chi connectivity index (χ3n) is 4.49. The van der Waals surface area contributed by atoms with E-state index in [1.165, 1.54) is 56.4 Å². The molecule has 98 valence electrons. The third-order valence-corrected chi connectivity index (χ3v) is 4.49. The fraction of sp³-hybridized carbons (Fsp3) is 0.625. The predicted molar refractivity (Wildman–Crippen MR) is 77.2 cm³/mol. The fourth-order valence-electron chi connectivity index (χ4n) is 3.36. The molecule has 2 nitrogen and oxygen atoms in total. The normalized spacial score (nSPS) is 27.9. The van der Waals surface area contributed by atoms with Crippen molar-refractivity contribution >= 4 is 5.69 Å². The molecule has 2 heteroatoms. The van der Waals surface area contributed by atoms with Gasteiger partial charge in [0.2, 0.25) is 0 Å². The summed E-state index contributed by atoms with van der Waals surface area (Å²) in [6, 6.07) is 10.3. The van der Waals surface area contributed by atoms with Gasteiger partial charge in [0.25, 0.3) is 0 Å². The number of aryl methyl sites for hydroxylation is 1. The maximum absolute atomic E-state index is 3.68. The molecule has 0 spiro atoms. The standard InChI is InChI=1S/C16H24N2/c1-13-9-10-14-6-2-3-8-16(14)18(13)12-15-7-4-5-11-17-15/h2-3,6,8,13,15,17H,4-5,7,9-12H2,1H3. The van der Waals surface area contributed by atoms with Crippen molar-refractivity contribution in [2.45, 2.75) is 51.1 Å². The van der Waals surface area contributed by atoms with Crippen molar-refractivity contribution in [3.8, 4) is 0 Å². The summed E-state index contributed by atoms with van der Waals surface area (Å²) in [5.41, 5.74) is 3.01. The summed E-state index contributed by atoms with van der Waals surface area (Å²) in [4.78, 5) is 2.63. The van der Waals surface area contributed by atoms with E-state index in [0.717, 1.165) is 0 Å². The molecule has 3 rings (SSSR count). The summed E-state index contributed by atoms with van der Waals surface area (Å²) >= 11 is 0. The summed E-state index contributed by atoms with van der Waals surface area (Å²) in [5.74, 6) is 0. The van der Waals surface area contributed by atoms with Gasteiger partial charge in [-0.3, -0.25) is 0 Å². The zero-order chi connectivity index (χ0) is 12.4. The van der Waals surface area contributed by atoms with E-state index in [0.29, 0.717) is 12.1 Å². The van der Waals surface area contributed by atoms with E-state index in [4.69, 9.17) is 0 Å². The number of nitrogens with one attached hydrogen (secondary N) is 1. The molecule has 2 heterocycles. The van der Waals surface area contributed by atoms with Gasteiger partial charge in [-0.1, -0.05) is 24.6 Å². The van der Waals surface area contributed by atoms with Crippen molar-refractivity contribution in [2.75, 3.05) is 18.0 Å². The van der Waals surface area contributed by atoms with Crippen LogP contribution in [0, 0.1) is 0 Å². The smallest absolute Gasteiger partial charge is 0.0401 e. The van der Waals surface area contributed by atoms with Crippen LogP contribution in [0.5, 0.6) is 0 Å². The molecule has 1 aromatic carbocycles. The van der Waals surface area contributed by atoms with Gasteiger partial charge in [0.05, 0.1) is 0 Å². The first-order valence-electron chi connectivity index (χ1n) is 7.42. The summed E-state index contributed by atoms with van der Waals surface area (Å²) < 4.78 is 0. The fourth-order valence-corrected chi connectivity index (χ4v) is 3.36. The molecule has 2 unspecified atom stereocenters. The first kappa shape index (κ1) is 12.0. The van der Waals surface area contributed by atoms with Crippen molar-refractivity contribution < 1.29 is 0 Å². The van der Waals surface area contributed by atoms with E-state index >= 15 is 0 Å². The van der Waals surface area contributed by atoms with Crippen LogP contribution >= 0.6 is 0 Å². The van der Waals surface area contributed by atoms with Crippen LogP contribution in [0.1, 0.15) is 38.2 Å². The van der Waals surface area contributed by atoms with Crippen LogP contribution in [0.15, 0.2) is 24.3 Å². The Morgan fingerprint density at radius 1 is 1.22 bits per heavy atom. The topological polar surface area (TPSA) is 15.3 Å². The number of hydrogen-bond donors (Lipinski definition) is 1. The van der Waals surface area contributed by atoms with Crippen molar-refractivity contribution in [3.05, 3.63) is 29.8 Å². The second-order valence-electron chi connectivity index (χ2n) is 5.82. The van der Waals surface area contributed by atoms with Crippen molar-refractivity contribution in [2.24, 2.45) is 0 Å². The van der Waals surface area contributed by atoms with E-state index in [1.54, 1.807) is 0 Å². The second kappa shape index (κ2) is 5.31. The number of nitrogens with zero attached hydrogens (tertiary/aromatic N) is 1. The number of piperidine rings is 1. The van der Waals surface area contributed by atoms with Crippen LogP contribution in [0.2, 0.25) is 0 Å². The lowest BCUT2D eigenvalue weighted by Gasteiger charge is -2.40. The highest BCUT2D eigenvalue weighted by atomic mass is 15.2. The second-order valence-corrected chi connectivity index (χ2v) is 5.82. The summed E-state index contributed by atoms with van der Waals surface area (Å²) in [5, 5.41) is 3.68. The molecule has 1 N–H and O–H groups in total. The monoisotopic (exact) mass is 244 g/mol. The van der Waals surface area contributed by atoms with Gasteiger partial charge in [-0.2, -0.15) is 0 Å². The third kappa shape index (κ3) is 2.39. The maximum Gasteiger partial charge on any atom is 0.0401 e. The predicted octanol–water partition coefficient (Wildman–Crippen LogP) is 2.97. The van der Waals surface area contributed by atoms with Crippen LogP contribution in [0.4, 0.5) is 5.69 Å². The van der Waals surface area contributed by atoms with E-state index in [1.807, 2.05) is 0 Å². The Hall–Kier alpha value is -1.02. The molecule has 1 aromatic rings. The number of rotatable bonds is 2. The Bertz CT molecular complexity index is 396. The number of hydrogen-bond acceptors (Lipinski definition) is 2. The zero-order valence-corrected chi connectivity index (χ0v) is 11.4. The molecule has 2 aliphatic rings. The summed E-state index contributed by atoms with van der Waals surface area (Å²) in [6.45, 7) is 4.76. The highest BCUT2D eigenvalue weighted by molar-refractivity contribution is 5.56. The van der Waals surface area contributed by atoms with E-state index in [2.05, 4.69) is 41.4 Å². The Kier molecular flexibility index (Phi) is 3.55. The highest BCUT2D eigenvalue weighted by Gasteiger charge is 2.25. The molecule has 2 atom stereocenters. The zero-order valence-electron chi connectivity index (χ0n) is 11.4. The first-order chi connectivity index (χ1) is 8.84. The maximum atomic E-state index is 3.68. The highest BCUT2D eigenvalue weighted by Crippen LogP contribution is 2.30. The Morgan fingerprint density at radius 2 is 2.11 bits per heavy atom. The SMILES string of the molecule is CC1CCc2ccccc2N1CC1CCCCN1. The van der Waals surface area contributed by atoms with Gasteiger partial charge in [0.1, 0.15) is 0 Å². The molecular weight excluding hydrogens is 220 g/mol. The van der Waals surface area contributed by atoms with Crippen molar-refractivity contribution in [3.63, 3.8) is 0 Å². The number of benzene rings is 1. The lowest BCUT2D eigenvalue weighted by Crippen LogP contribution is -2.48. The molecule has 2 aliphatic heterocycles. The molecule has 0 aromatic heterocycles. The lowest BCUT2D eigenvalue weighted by molar-refractivity contribution is 0.385. The van der Waals surface area contributed by atoms with Gasteiger partial charge in [-0.15, -0.1) is 0 Å². The molecule has 0 aliphatic carbocycles. The minimum absolute atomic E-state index is 0.684. The average molecular weight is 244 g/mol. The van der Waals surface area contributed by atoms with Crippen LogP contribution in [-0.4, -0.2) is 25.2 Å². The van der Waals surface area contributed by atoms with Gasteiger partial charge in [-0.25, -0.2) is 0 Å². The number of para-hydroxylation sites is 1. The molecular formula is C16H24N2. The molecule has 0 saturated carbocycles. The van der Waals surface area contributed by atoms with Crippen LogP contribution in [0.3, 0.4) is 0 Å². The van der Waals surface area contributed by atoms with Gasteiger partial charge >= 0.3 is 0 Å². The van der Waals surface area contributed by atoms with Crippen molar-refractivity contribution in [1.82, 2.24) is 5.32 Å². The minimum Gasteiger partial charge on any atom is -0.367 e. The van der Waals surface area contributed by atoms with E-state index in [-0.39, 0.29) is 0 Å². The minimum atomic E-state index is 0.684. The molecule has 1 fully saturated rings. The van der Waals surface area contributed by atoms with Gasteiger partial charge in [0, 0.05) is 24.3 Å². The Balaban J connectivity index is 1.77. The summed E-state index contributed by atoms with van der Waals surface area (Å²) in [6.07, 6.45) is 6.62. The van der Waals surface area contributed by atoms with Gasteiger partial charge in [-0.05, 0) is 50.8 Å². The van der Waals surface area contributed by atoms with Gasteiger partial charge < -0.3 is 10.2 Å². The first-order valence-corrected chi connectivity index (χ1v) is 7.42. The van der Waals surface area contributed by atoms with E-state index < -0.39 is 0 Å². The van der Waals surface area contributed by atoms with Crippen molar-refractivity contribution in [1.29, 1.82) is 0 Å². The van der Waals surface area contributed by atoms with Crippen LogP contribution in [-0.2, 0) is 6.42 Å². The van der Waals surface area contributed by atoms with E-state index in [9.17, 15) is 0 Å². The molecule has 1 saturated heterocycles.